The molecule has 2 heterocycles. The summed E-state index contributed by atoms with van der Waals surface area (Å²) in [7, 11) is 0. The average molecular weight is 310 g/mol. The van der Waals surface area contributed by atoms with Gasteiger partial charge in [0.25, 0.3) is 0 Å². The lowest BCUT2D eigenvalue weighted by atomic mass is 10.0. The van der Waals surface area contributed by atoms with Crippen molar-refractivity contribution in [1.29, 1.82) is 0 Å². The molecule has 3 rings (SSSR count). The van der Waals surface area contributed by atoms with Gasteiger partial charge in [0, 0.05) is 35.8 Å². The van der Waals surface area contributed by atoms with Crippen LogP contribution in [-0.2, 0) is 6.42 Å². The van der Waals surface area contributed by atoms with Crippen LogP contribution in [0.2, 0.25) is 5.02 Å². The van der Waals surface area contributed by atoms with Crippen molar-refractivity contribution in [2.75, 3.05) is 12.3 Å². The molecule has 0 saturated carbocycles. The maximum Gasteiger partial charge on any atom is 0.223 e. The molecule has 0 fully saturated rings. The Hall–Kier alpha value is -1.04. The van der Waals surface area contributed by atoms with Crippen LogP contribution in [0.1, 0.15) is 29.7 Å². The molecule has 1 aromatic carbocycles. The number of thioether (sulfide) groups is 1. The molecular formula is C14H16ClN3OS. The molecule has 0 aliphatic carbocycles. The average Bonchev–Trinajstić information content (AvgIpc) is 2.85. The molecule has 0 spiro atoms. The van der Waals surface area contributed by atoms with Gasteiger partial charge in [0.1, 0.15) is 0 Å². The number of fused-ring (bicyclic) bond motifs is 1. The number of benzene rings is 1. The van der Waals surface area contributed by atoms with Gasteiger partial charge in [-0.15, -0.1) is 11.8 Å². The van der Waals surface area contributed by atoms with E-state index in [0.717, 1.165) is 36.0 Å². The van der Waals surface area contributed by atoms with E-state index in [0.29, 0.717) is 11.9 Å². The van der Waals surface area contributed by atoms with Crippen LogP contribution in [0.3, 0.4) is 0 Å². The zero-order valence-corrected chi connectivity index (χ0v) is 12.8. The van der Waals surface area contributed by atoms with Gasteiger partial charge < -0.3 is 9.84 Å². The number of aryl methyl sites for hydroxylation is 1. The fourth-order valence-electron chi connectivity index (χ4n) is 2.38. The van der Waals surface area contributed by atoms with Crippen molar-refractivity contribution >= 4 is 23.4 Å². The van der Waals surface area contributed by atoms with E-state index >= 15 is 0 Å². The van der Waals surface area contributed by atoms with E-state index in [1.807, 2.05) is 17.8 Å². The van der Waals surface area contributed by atoms with Gasteiger partial charge in [0.2, 0.25) is 5.89 Å². The lowest BCUT2D eigenvalue weighted by molar-refractivity contribution is 0.386. The Labute approximate surface area is 127 Å². The van der Waals surface area contributed by atoms with E-state index in [-0.39, 0.29) is 0 Å². The zero-order chi connectivity index (χ0) is 13.9. The number of rotatable bonds is 4. The standard InChI is InChI=1S/C14H16ClN3OS/c1-9-17-14(18-19-9)4-6-16-12-5-7-20-13-3-2-10(15)8-11(12)13/h2-3,8,12,16H,4-7H2,1H3. The minimum Gasteiger partial charge on any atom is -0.340 e. The summed E-state index contributed by atoms with van der Waals surface area (Å²) in [6.45, 7) is 2.64. The Balaban J connectivity index is 1.63. The molecule has 0 bridgehead atoms. The molecule has 2 aromatic rings. The van der Waals surface area contributed by atoms with Crippen LogP contribution in [0.25, 0.3) is 0 Å². The van der Waals surface area contributed by atoms with E-state index < -0.39 is 0 Å². The molecule has 1 atom stereocenters. The molecule has 4 nitrogen and oxygen atoms in total. The van der Waals surface area contributed by atoms with Crippen molar-refractivity contribution in [3.05, 3.63) is 40.5 Å². The van der Waals surface area contributed by atoms with Crippen molar-refractivity contribution in [2.45, 2.75) is 30.7 Å². The molecule has 6 heteroatoms. The third-order valence-corrected chi connectivity index (χ3v) is 4.68. The molecule has 20 heavy (non-hydrogen) atoms. The SMILES string of the molecule is Cc1nc(CCNC2CCSc3ccc(Cl)cc32)no1. The largest absolute Gasteiger partial charge is 0.340 e. The van der Waals surface area contributed by atoms with Crippen molar-refractivity contribution in [3.63, 3.8) is 0 Å². The molecule has 1 N–H and O–H groups in total. The van der Waals surface area contributed by atoms with Crippen LogP contribution < -0.4 is 5.32 Å². The maximum atomic E-state index is 6.11. The fraction of sp³-hybridized carbons (Fsp3) is 0.429. The predicted molar refractivity (Wildman–Crippen MR) is 80.3 cm³/mol. The summed E-state index contributed by atoms with van der Waals surface area (Å²) in [4.78, 5) is 5.54. The summed E-state index contributed by atoms with van der Waals surface area (Å²) in [6.07, 6.45) is 1.89. The van der Waals surface area contributed by atoms with Gasteiger partial charge in [-0.05, 0) is 35.9 Å². The van der Waals surface area contributed by atoms with Crippen LogP contribution in [-0.4, -0.2) is 22.4 Å². The van der Waals surface area contributed by atoms with E-state index in [9.17, 15) is 0 Å². The second-order valence-electron chi connectivity index (χ2n) is 4.81. The monoisotopic (exact) mass is 309 g/mol. The first-order valence-corrected chi connectivity index (χ1v) is 8.03. The predicted octanol–water partition coefficient (Wildman–Crippen LogP) is 3.40. The van der Waals surface area contributed by atoms with Gasteiger partial charge in [-0.2, -0.15) is 4.98 Å². The summed E-state index contributed by atoms with van der Waals surface area (Å²) < 4.78 is 4.97. The van der Waals surface area contributed by atoms with Gasteiger partial charge in [-0.3, -0.25) is 0 Å². The lowest BCUT2D eigenvalue weighted by Crippen LogP contribution is -2.26. The third kappa shape index (κ3) is 3.16. The second kappa shape index (κ2) is 6.16. The van der Waals surface area contributed by atoms with Crippen LogP contribution >= 0.6 is 23.4 Å². The smallest absolute Gasteiger partial charge is 0.223 e. The highest BCUT2D eigenvalue weighted by Crippen LogP contribution is 2.37. The van der Waals surface area contributed by atoms with Gasteiger partial charge in [-0.1, -0.05) is 16.8 Å². The van der Waals surface area contributed by atoms with E-state index in [4.69, 9.17) is 16.1 Å². The van der Waals surface area contributed by atoms with Crippen LogP contribution in [0.4, 0.5) is 0 Å². The first kappa shape index (κ1) is 13.9. The summed E-state index contributed by atoms with van der Waals surface area (Å²) in [5.74, 6) is 2.51. The molecule has 0 saturated heterocycles. The van der Waals surface area contributed by atoms with Crippen molar-refractivity contribution in [3.8, 4) is 0 Å². The Morgan fingerprint density at radius 3 is 3.20 bits per heavy atom. The summed E-state index contributed by atoms with van der Waals surface area (Å²) in [6, 6.07) is 6.49. The highest BCUT2D eigenvalue weighted by atomic mass is 35.5. The van der Waals surface area contributed by atoms with Crippen LogP contribution in [0, 0.1) is 6.92 Å². The third-order valence-electron chi connectivity index (χ3n) is 3.32. The number of aromatic nitrogens is 2. The van der Waals surface area contributed by atoms with Gasteiger partial charge in [0.05, 0.1) is 0 Å². The Morgan fingerprint density at radius 2 is 2.40 bits per heavy atom. The van der Waals surface area contributed by atoms with Gasteiger partial charge in [-0.25, -0.2) is 0 Å². The highest BCUT2D eigenvalue weighted by molar-refractivity contribution is 7.99. The quantitative estimate of drug-likeness (QED) is 0.938. The topological polar surface area (TPSA) is 51.0 Å². The molecule has 1 aliphatic heterocycles. The first-order chi connectivity index (χ1) is 9.72. The summed E-state index contributed by atoms with van der Waals surface area (Å²) in [5, 5.41) is 8.27. The fourth-order valence-corrected chi connectivity index (χ4v) is 3.66. The molecular weight excluding hydrogens is 294 g/mol. The van der Waals surface area contributed by atoms with Gasteiger partial charge in [0.15, 0.2) is 5.82 Å². The van der Waals surface area contributed by atoms with Crippen LogP contribution in [0.15, 0.2) is 27.6 Å². The maximum absolute atomic E-state index is 6.11. The van der Waals surface area contributed by atoms with Gasteiger partial charge >= 0.3 is 0 Å². The van der Waals surface area contributed by atoms with Crippen molar-refractivity contribution < 1.29 is 4.52 Å². The highest BCUT2D eigenvalue weighted by Gasteiger charge is 2.20. The summed E-state index contributed by atoms with van der Waals surface area (Å²) in [5.41, 5.74) is 1.30. The number of hydrogen-bond donors (Lipinski definition) is 1. The molecule has 106 valence electrons. The minimum atomic E-state index is 0.359. The van der Waals surface area contributed by atoms with Crippen molar-refractivity contribution in [1.82, 2.24) is 15.5 Å². The minimum absolute atomic E-state index is 0.359. The number of hydrogen-bond acceptors (Lipinski definition) is 5. The second-order valence-corrected chi connectivity index (χ2v) is 6.38. The normalized spacial score (nSPS) is 18.0. The number of nitrogens with zero attached hydrogens (tertiary/aromatic N) is 2. The summed E-state index contributed by atoms with van der Waals surface area (Å²) >= 11 is 8.00. The van der Waals surface area contributed by atoms with E-state index in [1.165, 1.54) is 10.5 Å². The van der Waals surface area contributed by atoms with E-state index in [1.54, 1.807) is 6.92 Å². The number of nitrogens with one attached hydrogen (secondary N) is 1. The lowest BCUT2D eigenvalue weighted by Gasteiger charge is -2.26. The molecule has 1 aromatic heterocycles. The Morgan fingerprint density at radius 1 is 1.50 bits per heavy atom. The Kier molecular flexibility index (Phi) is 4.29. The Bertz CT molecular complexity index is 602. The molecule has 0 amide bonds. The van der Waals surface area contributed by atoms with Crippen molar-refractivity contribution in [2.24, 2.45) is 0 Å². The number of halogens is 1. The van der Waals surface area contributed by atoms with Crippen LogP contribution in [0.5, 0.6) is 0 Å². The zero-order valence-electron chi connectivity index (χ0n) is 11.2. The van der Waals surface area contributed by atoms with E-state index in [2.05, 4.69) is 27.6 Å². The molecule has 1 unspecified atom stereocenters. The molecule has 0 radical (unpaired) electrons. The molecule has 1 aliphatic rings. The first-order valence-electron chi connectivity index (χ1n) is 6.67.